The van der Waals surface area contributed by atoms with E-state index in [0.717, 1.165) is 35.5 Å². The Bertz CT molecular complexity index is 706. The molecule has 0 saturated heterocycles. The molecule has 4 aliphatic rings. The van der Waals surface area contributed by atoms with Gasteiger partial charge in [-0.1, -0.05) is 46.8 Å². The predicted octanol–water partition coefficient (Wildman–Crippen LogP) is 9.49. The van der Waals surface area contributed by atoms with Crippen molar-refractivity contribution in [1.82, 2.24) is 0 Å². The second-order valence-electron chi connectivity index (χ2n) is 14.9. The number of fused-ring (bicyclic) bond motifs is 5. The van der Waals surface area contributed by atoms with Crippen molar-refractivity contribution in [3.63, 3.8) is 0 Å². The molecule has 190 valence electrons. The van der Waals surface area contributed by atoms with E-state index in [2.05, 4.69) is 60.8 Å². The topological polar surface area (TPSA) is 9.23 Å². The van der Waals surface area contributed by atoms with E-state index >= 15 is 0 Å². The standard InChI is InChI=1S/C31H56OSi/c1-21(2)10-11-22(3)23(4)27-14-15-28-26-13-12-24-20-25(32-33(7,8)9)16-18-30(24,5)29(26)17-19-31(27,28)6/h21,23-29H,3,10-20H2,1-2,4-9H3/t23-,24?,25-,26?,27+,28-,29-,30-,31+/m0/s1. The van der Waals surface area contributed by atoms with Crippen molar-refractivity contribution < 1.29 is 4.43 Å². The Morgan fingerprint density at radius 3 is 2.24 bits per heavy atom. The van der Waals surface area contributed by atoms with Crippen molar-refractivity contribution >= 4 is 8.32 Å². The molecule has 4 aliphatic carbocycles. The molecule has 1 nitrogen and oxygen atoms in total. The summed E-state index contributed by atoms with van der Waals surface area (Å²) in [5.74, 6) is 6.20. The second-order valence-corrected chi connectivity index (χ2v) is 19.4. The summed E-state index contributed by atoms with van der Waals surface area (Å²) < 4.78 is 6.62. The zero-order valence-electron chi connectivity index (χ0n) is 23.5. The number of rotatable bonds is 7. The molecule has 0 bridgehead atoms. The Balaban J connectivity index is 1.45. The maximum absolute atomic E-state index is 6.62. The molecular weight excluding hydrogens is 416 g/mol. The molecule has 9 atom stereocenters. The number of hydrogen-bond donors (Lipinski definition) is 0. The molecule has 0 aromatic heterocycles. The molecule has 0 aliphatic heterocycles. The molecule has 0 amide bonds. The van der Waals surface area contributed by atoms with Gasteiger partial charge in [0.2, 0.25) is 0 Å². The summed E-state index contributed by atoms with van der Waals surface area (Å²) in [5.41, 5.74) is 2.69. The van der Waals surface area contributed by atoms with Crippen LogP contribution in [0.25, 0.3) is 0 Å². The molecule has 0 spiro atoms. The summed E-state index contributed by atoms with van der Waals surface area (Å²) in [5, 5.41) is 0. The lowest BCUT2D eigenvalue weighted by Gasteiger charge is -2.61. The maximum atomic E-state index is 6.62. The fourth-order valence-electron chi connectivity index (χ4n) is 9.67. The summed E-state index contributed by atoms with van der Waals surface area (Å²) in [7, 11) is -1.44. The van der Waals surface area contributed by atoms with Gasteiger partial charge in [-0.25, -0.2) is 0 Å². The second kappa shape index (κ2) is 9.42. The van der Waals surface area contributed by atoms with Crippen LogP contribution in [-0.2, 0) is 4.43 Å². The highest BCUT2D eigenvalue weighted by atomic mass is 28.4. The first-order valence-electron chi connectivity index (χ1n) is 14.7. The summed E-state index contributed by atoms with van der Waals surface area (Å²) in [6.45, 7) is 24.4. The van der Waals surface area contributed by atoms with Crippen LogP contribution in [-0.4, -0.2) is 14.4 Å². The lowest BCUT2D eigenvalue weighted by atomic mass is 9.44. The minimum absolute atomic E-state index is 0.550. The van der Waals surface area contributed by atoms with Crippen molar-refractivity contribution in [3.05, 3.63) is 12.2 Å². The molecule has 4 rings (SSSR count). The molecular formula is C31H56OSi. The molecule has 0 aromatic carbocycles. The minimum Gasteiger partial charge on any atom is -0.415 e. The van der Waals surface area contributed by atoms with Crippen molar-refractivity contribution in [3.8, 4) is 0 Å². The monoisotopic (exact) mass is 472 g/mol. The smallest absolute Gasteiger partial charge is 0.184 e. The van der Waals surface area contributed by atoms with E-state index in [-0.39, 0.29) is 0 Å². The third-order valence-electron chi connectivity index (χ3n) is 11.5. The Hall–Kier alpha value is -0.0831. The van der Waals surface area contributed by atoms with Gasteiger partial charge in [0, 0.05) is 6.10 Å². The summed E-state index contributed by atoms with van der Waals surface area (Å²) in [6, 6.07) is 0. The van der Waals surface area contributed by atoms with Crippen molar-refractivity contribution in [1.29, 1.82) is 0 Å². The highest BCUT2D eigenvalue weighted by Crippen LogP contribution is 2.68. The van der Waals surface area contributed by atoms with Crippen LogP contribution in [0, 0.1) is 52.3 Å². The summed E-state index contributed by atoms with van der Waals surface area (Å²) >= 11 is 0. The predicted molar refractivity (Wildman–Crippen MR) is 146 cm³/mol. The lowest BCUT2D eigenvalue weighted by Crippen LogP contribution is -2.54. The van der Waals surface area contributed by atoms with Gasteiger partial charge in [0.15, 0.2) is 8.32 Å². The third-order valence-corrected chi connectivity index (χ3v) is 12.5. The van der Waals surface area contributed by atoms with E-state index in [9.17, 15) is 0 Å². The first-order valence-corrected chi connectivity index (χ1v) is 18.1. The third kappa shape index (κ3) is 4.96. The molecule has 2 unspecified atom stereocenters. The minimum atomic E-state index is -1.44. The van der Waals surface area contributed by atoms with Crippen LogP contribution in [0.15, 0.2) is 12.2 Å². The Labute approximate surface area is 208 Å². The van der Waals surface area contributed by atoms with Gasteiger partial charge in [0.05, 0.1) is 0 Å². The van der Waals surface area contributed by atoms with Crippen LogP contribution in [0.5, 0.6) is 0 Å². The molecule has 0 radical (unpaired) electrons. The van der Waals surface area contributed by atoms with E-state index in [4.69, 9.17) is 4.43 Å². The average Bonchev–Trinajstić information content (AvgIpc) is 3.07. The highest BCUT2D eigenvalue weighted by Gasteiger charge is 2.60. The Kier molecular flexibility index (Phi) is 7.42. The lowest BCUT2D eigenvalue weighted by molar-refractivity contribution is -0.126. The van der Waals surface area contributed by atoms with Gasteiger partial charge in [0.1, 0.15) is 0 Å². The zero-order chi connectivity index (χ0) is 24.2. The summed E-state index contributed by atoms with van der Waals surface area (Å²) in [6.07, 6.45) is 16.1. The SMILES string of the molecule is C=C(CCC(C)C)[C@H](C)[C@H]1CC[C@H]2C3CCC4C[C@@H](O[Si](C)(C)C)CC[C@]4(C)[C@H]3CC[C@]12C. The molecule has 0 heterocycles. The molecule has 0 aromatic rings. The Morgan fingerprint density at radius 1 is 0.909 bits per heavy atom. The van der Waals surface area contributed by atoms with E-state index in [1.165, 1.54) is 70.6 Å². The van der Waals surface area contributed by atoms with Gasteiger partial charge in [-0.15, -0.1) is 0 Å². The maximum Gasteiger partial charge on any atom is 0.184 e. The van der Waals surface area contributed by atoms with Crippen molar-refractivity contribution in [2.45, 2.75) is 131 Å². The van der Waals surface area contributed by atoms with Crippen LogP contribution in [0.4, 0.5) is 0 Å². The van der Waals surface area contributed by atoms with Crippen molar-refractivity contribution in [2.24, 2.45) is 52.3 Å². The number of hydrogen-bond acceptors (Lipinski definition) is 1. The first kappa shape index (κ1) is 26.0. The summed E-state index contributed by atoms with van der Waals surface area (Å²) in [4.78, 5) is 0. The number of allylic oxidation sites excluding steroid dienone is 1. The van der Waals surface area contributed by atoms with Crippen LogP contribution in [0.1, 0.15) is 105 Å². The van der Waals surface area contributed by atoms with Gasteiger partial charge in [-0.05, 0) is 143 Å². The fourth-order valence-corrected chi connectivity index (χ4v) is 10.9. The first-order chi connectivity index (χ1) is 15.3. The quantitative estimate of drug-likeness (QED) is 0.265. The normalized spacial score (nSPS) is 44.2. The van der Waals surface area contributed by atoms with E-state index in [1.807, 2.05) is 0 Å². The molecule has 4 fully saturated rings. The van der Waals surface area contributed by atoms with Crippen LogP contribution in [0.3, 0.4) is 0 Å². The highest BCUT2D eigenvalue weighted by molar-refractivity contribution is 6.69. The van der Waals surface area contributed by atoms with Gasteiger partial charge < -0.3 is 4.43 Å². The van der Waals surface area contributed by atoms with Crippen molar-refractivity contribution in [2.75, 3.05) is 0 Å². The molecule has 33 heavy (non-hydrogen) atoms. The molecule has 0 N–H and O–H groups in total. The molecule has 2 heteroatoms. The van der Waals surface area contributed by atoms with Crippen LogP contribution in [0.2, 0.25) is 19.6 Å². The van der Waals surface area contributed by atoms with Gasteiger partial charge >= 0.3 is 0 Å². The van der Waals surface area contributed by atoms with Gasteiger partial charge in [0.25, 0.3) is 0 Å². The van der Waals surface area contributed by atoms with E-state index in [1.54, 1.807) is 5.57 Å². The van der Waals surface area contributed by atoms with Gasteiger partial charge in [-0.2, -0.15) is 0 Å². The zero-order valence-corrected chi connectivity index (χ0v) is 24.5. The largest absolute Gasteiger partial charge is 0.415 e. The molecule has 4 saturated carbocycles. The fraction of sp³-hybridized carbons (Fsp3) is 0.935. The van der Waals surface area contributed by atoms with Gasteiger partial charge in [-0.3, -0.25) is 0 Å². The average molecular weight is 473 g/mol. The van der Waals surface area contributed by atoms with Crippen LogP contribution < -0.4 is 0 Å². The van der Waals surface area contributed by atoms with Crippen LogP contribution >= 0.6 is 0 Å². The Morgan fingerprint density at radius 2 is 1.58 bits per heavy atom. The van der Waals surface area contributed by atoms with E-state index in [0.29, 0.717) is 22.9 Å². The van der Waals surface area contributed by atoms with E-state index < -0.39 is 8.32 Å².